The first kappa shape index (κ1) is 22.4. The molecule has 164 valence electrons. The van der Waals surface area contributed by atoms with Gasteiger partial charge < -0.3 is 0 Å². The first-order chi connectivity index (χ1) is 15.5. The number of fused-ring (bicyclic) bond motifs is 1. The molecule has 0 radical (unpaired) electrons. The Balaban J connectivity index is 1.57. The van der Waals surface area contributed by atoms with Crippen LogP contribution in [0.25, 0.3) is 10.2 Å². The number of aromatic nitrogens is 2. The van der Waals surface area contributed by atoms with Crippen LogP contribution in [0.2, 0.25) is 0 Å². The number of carbonyl (C=O) groups excluding carboxylic acids is 1. The summed E-state index contributed by atoms with van der Waals surface area (Å²) in [6.07, 6.45) is 3.86. The molecule has 4 rings (SSSR count). The van der Waals surface area contributed by atoms with Crippen molar-refractivity contribution in [3.05, 3.63) is 83.9 Å². The largest absolute Gasteiger partial charge is 0.284 e. The quantitative estimate of drug-likeness (QED) is 0.273. The van der Waals surface area contributed by atoms with Crippen molar-refractivity contribution >= 4 is 44.4 Å². The van der Waals surface area contributed by atoms with E-state index >= 15 is 0 Å². The van der Waals surface area contributed by atoms with Crippen LogP contribution in [0, 0.1) is 5.82 Å². The van der Waals surface area contributed by atoms with Crippen molar-refractivity contribution in [1.82, 2.24) is 9.97 Å². The van der Waals surface area contributed by atoms with Gasteiger partial charge >= 0.3 is 0 Å². The van der Waals surface area contributed by atoms with Crippen molar-refractivity contribution in [2.75, 3.05) is 10.7 Å². The predicted octanol–water partition coefficient (Wildman–Crippen LogP) is 6.67. The second kappa shape index (κ2) is 10.2. The Morgan fingerprint density at radius 1 is 1.12 bits per heavy atom. The lowest BCUT2D eigenvalue weighted by Crippen LogP contribution is -2.30. The monoisotopic (exact) mass is 465 g/mol. The van der Waals surface area contributed by atoms with E-state index in [1.807, 2.05) is 18.2 Å². The van der Waals surface area contributed by atoms with Gasteiger partial charge in [0.2, 0.25) is 5.91 Å². The summed E-state index contributed by atoms with van der Waals surface area (Å²) in [6, 6.07) is 16.4. The van der Waals surface area contributed by atoms with Gasteiger partial charge in [-0.2, -0.15) is 0 Å². The molecule has 0 saturated heterocycles. The molecule has 0 N–H and O–H groups in total. The minimum absolute atomic E-state index is 0.00798. The number of thioether (sulfide) groups is 1. The molecule has 4 aromatic rings. The first-order valence-electron chi connectivity index (χ1n) is 10.5. The average molecular weight is 466 g/mol. The molecule has 32 heavy (non-hydrogen) atoms. The number of carbonyl (C=O) groups is 1. The minimum Gasteiger partial charge on any atom is -0.284 e. The number of halogens is 1. The van der Waals surface area contributed by atoms with Gasteiger partial charge in [-0.1, -0.05) is 43.4 Å². The lowest BCUT2D eigenvalue weighted by molar-refractivity contribution is -0.118. The van der Waals surface area contributed by atoms with E-state index in [2.05, 4.69) is 31.0 Å². The normalized spacial score (nSPS) is 11.2. The summed E-state index contributed by atoms with van der Waals surface area (Å²) in [7, 11) is 0. The number of anilines is 1. The highest BCUT2D eigenvalue weighted by Crippen LogP contribution is 2.34. The van der Waals surface area contributed by atoms with Crippen LogP contribution in [0.3, 0.4) is 0 Å². The number of hydrogen-bond donors (Lipinski definition) is 0. The van der Waals surface area contributed by atoms with Gasteiger partial charge in [-0.05, 0) is 53.4 Å². The average Bonchev–Trinajstić information content (AvgIpc) is 3.23. The molecule has 1 amide bonds. The number of benzene rings is 2. The van der Waals surface area contributed by atoms with Crippen LogP contribution in [-0.2, 0) is 11.3 Å². The molecule has 0 bridgehead atoms. The summed E-state index contributed by atoms with van der Waals surface area (Å²) in [6.45, 7) is 4.72. The zero-order chi connectivity index (χ0) is 22.5. The maximum Gasteiger partial charge on any atom is 0.229 e. The summed E-state index contributed by atoms with van der Waals surface area (Å²) < 4.78 is 14.2. The second-order valence-corrected chi connectivity index (χ2v) is 9.92. The third kappa shape index (κ3) is 5.34. The van der Waals surface area contributed by atoms with Crippen molar-refractivity contribution in [3.63, 3.8) is 0 Å². The SMILES string of the molecule is CC(C)c1cccc2sc(N(Cc3cccnc3)C(=O)CCSc3ccc(F)cc3)nc12. The Hall–Kier alpha value is -2.77. The molecular weight excluding hydrogens is 441 g/mol. The summed E-state index contributed by atoms with van der Waals surface area (Å²) in [5.74, 6) is 0.706. The van der Waals surface area contributed by atoms with E-state index in [-0.39, 0.29) is 11.7 Å². The molecule has 0 fully saturated rings. The Kier molecular flexibility index (Phi) is 7.17. The molecule has 0 saturated carbocycles. The number of para-hydroxylation sites is 1. The van der Waals surface area contributed by atoms with E-state index in [1.54, 1.807) is 52.5 Å². The zero-order valence-electron chi connectivity index (χ0n) is 18.0. The van der Waals surface area contributed by atoms with Crippen molar-refractivity contribution in [1.29, 1.82) is 0 Å². The highest BCUT2D eigenvalue weighted by molar-refractivity contribution is 7.99. The van der Waals surface area contributed by atoms with Crippen LogP contribution in [0.4, 0.5) is 9.52 Å². The zero-order valence-corrected chi connectivity index (χ0v) is 19.6. The Morgan fingerprint density at radius 2 is 1.94 bits per heavy atom. The van der Waals surface area contributed by atoms with Crippen LogP contribution in [-0.4, -0.2) is 21.6 Å². The van der Waals surface area contributed by atoms with Crippen LogP contribution < -0.4 is 4.90 Å². The molecule has 0 unspecified atom stereocenters. The van der Waals surface area contributed by atoms with Gasteiger partial charge in [0.1, 0.15) is 5.82 Å². The maximum atomic E-state index is 13.3. The summed E-state index contributed by atoms with van der Waals surface area (Å²) in [5, 5.41) is 0.703. The van der Waals surface area contributed by atoms with Crippen LogP contribution >= 0.6 is 23.1 Å². The van der Waals surface area contributed by atoms with Crippen LogP contribution in [0.1, 0.15) is 37.3 Å². The molecule has 2 aromatic heterocycles. The van der Waals surface area contributed by atoms with Crippen molar-refractivity contribution in [2.24, 2.45) is 0 Å². The van der Waals surface area contributed by atoms with Crippen LogP contribution in [0.5, 0.6) is 0 Å². The lowest BCUT2D eigenvalue weighted by Gasteiger charge is -2.20. The Labute approximate surface area is 195 Å². The summed E-state index contributed by atoms with van der Waals surface area (Å²) >= 11 is 3.09. The maximum absolute atomic E-state index is 13.3. The second-order valence-electron chi connectivity index (χ2n) is 7.74. The van der Waals surface area contributed by atoms with E-state index < -0.39 is 0 Å². The van der Waals surface area contributed by atoms with Crippen molar-refractivity contribution in [2.45, 2.75) is 37.6 Å². The van der Waals surface area contributed by atoms with Gasteiger partial charge in [0.25, 0.3) is 0 Å². The van der Waals surface area contributed by atoms with Crippen molar-refractivity contribution in [3.8, 4) is 0 Å². The predicted molar refractivity (Wildman–Crippen MR) is 131 cm³/mol. The fraction of sp³-hybridized carbons (Fsp3) is 0.240. The van der Waals surface area contributed by atoms with Crippen molar-refractivity contribution < 1.29 is 9.18 Å². The molecule has 0 spiro atoms. The molecule has 2 heterocycles. The number of hydrogen-bond acceptors (Lipinski definition) is 5. The fourth-order valence-electron chi connectivity index (χ4n) is 3.40. The number of thiazole rings is 1. The third-order valence-electron chi connectivity index (χ3n) is 5.05. The topological polar surface area (TPSA) is 46.1 Å². The lowest BCUT2D eigenvalue weighted by atomic mass is 10.0. The number of amides is 1. The molecule has 4 nitrogen and oxygen atoms in total. The fourth-order valence-corrected chi connectivity index (χ4v) is 5.26. The van der Waals surface area contributed by atoms with Gasteiger partial charge in [0, 0.05) is 29.5 Å². The third-order valence-corrected chi connectivity index (χ3v) is 7.11. The van der Waals surface area contributed by atoms with E-state index in [1.165, 1.54) is 17.7 Å². The highest BCUT2D eigenvalue weighted by atomic mass is 32.2. The number of pyridine rings is 1. The van der Waals surface area contributed by atoms with E-state index in [0.717, 1.165) is 20.7 Å². The molecule has 0 aliphatic carbocycles. The molecule has 0 aliphatic rings. The number of nitrogens with zero attached hydrogens (tertiary/aromatic N) is 3. The van der Waals surface area contributed by atoms with E-state index in [9.17, 15) is 9.18 Å². The number of rotatable bonds is 8. The molecule has 0 aliphatic heterocycles. The molecule has 7 heteroatoms. The minimum atomic E-state index is -0.260. The van der Waals surface area contributed by atoms with Gasteiger partial charge in [-0.25, -0.2) is 9.37 Å². The standard InChI is InChI=1S/C25H24FN3OS2/c1-17(2)21-6-3-7-22-24(21)28-25(32-22)29(16-18-5-4-13-27-15-18)23(30)12-14-31-20-10-8-19(26)9-11-20/h3-11,13,15,17H,12,14,16H2,1-2H3. The molecular formula is C25H24FN3OS2. The highest BCUT2D eigenvalue weighted by Gasteiger charge is 2.21. The molecule has 0 atom stereocenters. The summed E-state index contributed by atoms with van der Waals surface area (Å²) in [4.78, 5) is 25.1. The summed E-state index contributed by atoms with van der Waals surface area (Å²) in [5.41, 5.74) is 3.10. The Morgan fingerprint density at radius 3 is 2.66 bits per heavy atom. The van der Waals surface area contributed by atoms with Gasteiger partial charge in [-0.3, -0.25) is 14.7 Å². The molecule has 2 aromatic carbocycles. The van der Waals surface area contributed by atoms with Gasteiger partial charge in [0.05, 0.1) is 16.8 Å². The first-order valence-corrected chi connectivity index (χ1v) is 12.3. The Bertz CT molecular complexity index is 1190. The van der Waals surface area contributed by atoms with Gasteiger partial charge in [-0.15, -0.1) is 11.8 Å². The van der Waals surface area contributed by atoms with Crippen LogP contribution in [0.15, 0.2) is 71.9 Å². The smallest absolute Gasteiger partial charge is 0.229 e. The van der Waals surface area contributed by atoms with E-state index in [0.29, 0.717) is 29.8 Å². The van der Waals surface area contributed by atoms with Gasteiger partial charge in [0.15, 0.2) is 5.13 Å². The van der Waals surface area contributed by atoms with E-state index in [4.69, 9.17) is 4.98 Å².